The number of amides is 2. The third-order valence-corrected chi connectivity index (χ3v) is 10.8. The molecule has 2 saturated heterocycles. The van der Waals surface area contributed by atoms with Crippen molar-refractivity contribution in [3.05, 3.63) is 106 Å². The number of nitrogens with one attached hydrogen (secondary N) is 1. The number of aryl methyl sites for hydroxylation is 1. The SMILES string of the molecule is COc1nccc(N(C)c2ccc(C)c(-c3cn(C4CCN(C(=O)c5cccc(C(=O)N6CCCN(c7nc8ccc([N+](=O)[O-])cc8[nH]7)CC6)c5)CC4)nn3)c2)n1. The van der Waals surface area contributed by atoms with Crippen LogP contribution >= 0.6 is 0 Å². The van der Waals surface area contributed by atoms with Crippen LogP contribution in [0.1, 0.15) is 51.6 Å². The van der Waals surface area contributed by atoms with Crippen LogP contribution in [0.15, 0.2) is 79.1 Å². The molecular weight excluding hydrogens is 729 g/mol. The number of aromatic nitrogens is 7. The third-order valence-electron chi connectivity index (χ3n) is 10.8. The topological polar surface area (TPSA) is 185 Å². The maximum Gasteiger partial charge on any atom is 0.318 e. The lowest BCUT2D eigenvalue weighted by Gasteiger charge is -2.32. The Bertz CT molecular complexity index is 2460. The molecule has 2 aliphatic rings. The number of piperidine rings is 1. The molecule has 2 fully saturated rings. The molecule has 3 aromatic heterocycles. The molecule has 17 heteroatoms. The minimum Gasteiger partial charge on any atom is -0.467 e. The summed E-state index contributed by atoms with van der Waals surface area (Å²) in [5.74, 6) is 1.08. The van der Waals surface area contributed by atoms with Crippen LogP contribution in [0, 0.1) is 17.0 Å². The number of H-pyrrole nitrogens is 1. The number of rotatable bonds is 9. The molecule has 0 unspecified atom stereocenters. The van der Waals surface area contributed by atoms with E-state index in [-0.39, 0.29) is 23.5 Å². The molecule has 2 amide bonds. The van der Waals surface area contributed by atoms with Gasteiger partial charge in [0.15, 0.2) is 0 Å². The Morgan fingerprint density at radius 3 is 2.44 bits per heavy atom. The highest BCUT2D eigenvalue weighted by Crippen LogP contribution is 2.32. The molecule has 5 heterocycles. The molecule has 8 rings (SSSR count). The first-order chi connectivity index (χ1) is 27.6. The summed E-state index contributed by atoms with van der Waals surface area (Å²) in [5, 5.41) is 20.3. The number of methoxy groups -OCH3 is 1. The Morgan fingerprint density at radius 2 is 1.68 bits per heavy atom. The predicted molar refractivity (Wildman–Crippen MR) is 213 cm³/mol. The average molecular weight is 771 g/mol. The van der Waals surface area contributed by atoms with Crippen molar-refractivity contribution in [3.8, 4) is 17.3 Å². The highest BCUT2D eigenvalue weighted by Gasteiger charge is 2.28. The van der Waals surface area contributed by atoms with Gasteiger partial charge in [-0.05, 0) is 74.2 Å². The van der Waals surface area contributed by atoms with Crippen LogP contribution in [0.4, 0.5) is 23.1 Å². The summed E-state index contributed by atoms with van der Waals surface area (Å²) in [5.41, 5.74) is 5.91. The normalized spacial score (nSPS) is 15.1. The minimum atomic E-state index is -0.431. The average Bonchev–Trinajstić information content (AvgIpc) is 3.84. The summed E-state index contributed by atoms with van der Waals surface area (Å²) in [6, 6.07) is 19.9. The first kappa shape index (κ1) is 37.0. The van der Waals surface area contributed by atoms with Crippen molar-refractivity contribution in [2.24, 2.45) is 0 Å². The van der Waals surface area contributed by atoms with E-state index in [0.29, 0.717) is 85.6 Å². The number of carbonyl (C=O) groups is 2. The van der Waals surface area contributed by atoms with Gasteiger partial charge in [-0.1, -0.05) is 17.3 Å². The Hall–Kier alpha value is -6.91. The van der Waals surface area contributed by atoms with Crippen LogP contribution in [0.2, 0.25) is 0 Å². The second-order valence-corrected chi connectivity index (χ2v) is 14.3. The lowest BCUT2D eigenvalue weighted by Crippen LogP contribution is -2.39. The number of benzene rings is 3. The zero-order valence-electron chi connectivity index (χ0n) is 31.9. The number of non-ortho nitro benzene ring substituents is 1. The van der Waals surface area contributed by atoms with E-state index in [0.717, 1.165) is 35.3 Å². The summed E-state index contributed by atoms with van der Waals surface area (Å²) in [6.07, 6.45) is 5.79. The summed E-state index contributed by atoms with van der Waals surface area (Å²) in [4.78, 5) is 62.3. The van der Waals surface area contributed by atoms with Crippen LogP contribution in [-0.4, -0.2) is 115 Å². The number of nitro groups is 1. The number of nitro benzene ring substituents is 1. The molecule has 0 radical (unpaired) electrons. The number of carbonyl (C=O) groups excluding carboxylic acids is 2. The summed E-state index contributed by atoms with van der Waals surface area (Å²) in [6.45, 7) is 5.37. The Kier molecular flexibility index (Phi) is 10.2. The number of hydrogen-bond acceptors (Lipinski definition) is 12. The van der Waals surface area contributed by atoms with E-state index in [4.69, 9.17) is 4.74 Å². The third kappa shape index (κ3) is 7.68. The van der Waals surface area contributed by atoms with E-state index in [1.165, 1.54) is 19.2 Å². The number of hydrogen-bond donors (Lipinski definition) is 1. The fourth-order valence-electron chi connectivity index (χ4n) is 7.49. The molecular formula is C40H42N12O5. The Morgan fingerprint density at radius 1 is 0.912 bits per heavy atom. The number of anilines is 3. The van der Waals surface area contributed by atoms with E-state index in [2.05, 4.69) is 47.3 Å². The Labute approximate surface area is 328 Å². The van der Waals surface area contributed by atoms with Gasteiger partial charge in [0.1, 0.15) is 11.5 Å². The second-order valence-electron chi connectivity index (χ2n) is 14.3. The first-order valence-electron chi connectivity index (χ1n) is 18.9. The lowest BCUT2D eigenvalue weighted by molar-refractivity contribution is -0.384. The van der Waals surface area contributed by atoms with E-state index in [1.54, 1.807) is 41.4 Å². The molecule has 6 aromatic rings. The van der Waals surface area contributed by atoms with Gasteiger partial charge in [0, 0.05) is 87.0 Å². The van der Waals surface area contributed by atoms with Crippen molar-refractivity contribution in [2.75, 3.05) is 63.2 Å². The molecule has 0 atom stereocenters. The van der Waals surface area contributed by atoms with Gasteiger partial charge >= 0.3 is 6.01 Å². The van der Waals surface area contributed by atoms with Crippen LogP contribution < -0.4 is 14.5 Å². The van der Waals surface area contributed by atoms with Crippen molar-refractivity contribution in [3.63, 3.8) is 0 Å². The van der Waals surface area contributed by atoms with Crippen molar-refractivity contribution in [1.82, 2.24) is 44.7 Å². The largest absolute Gasteiger partial charge is 0.467 e. The molecule has 2 aliphatic heterocycles. The van der Waals surface area contributed by atoms with Crippen LogP contribution in [0.5, 0.6) is 6.01 Å². The fourth-order valence-corrected chi connectivity index (χ4v) is 7.49. The maximum absolute atomic E-state index is 13.7. The van der Waals surface area contributed by atoms with Gasteiger partial charge in [-0.3, -0.25) is 19.7 Å². The van der Waals surface area contributed by atoms with Gasteiger partial charge < -0.3 is 29.3 Å². The summed E-state index contributed by atoms with van der Waals surface area (Å²) < 4.78 is 7.11. The van der Waals surface area contributed by atoms with Gasteiger partial charge in [0.05, 0.1) is 35.3 Å². The van der Waals surface area contributed by atoms with Crippen molar-refractivity contribution in [1.29, 1.82) is 0 Å². The number of likely N-dealkylation sites (tertiary alicyclic amines) is 1. The maximum atomic E-state index is 13.7. The Balaban J connectivity index is 0.877. The van der Waals surface area contributed by atoms with Crippen molar-refractivity contribution < 1.29 is 19.2 Å². The number of ether oxygens (including phenoxy) is 1. The number of fused-ring (bicyclic) bond motifs is 1. The van der Waals surface area contributed by atoms with E-state index in [9.17, 15) is 19.7 Å². The molecule has 17 nitrogen and oxygen atoms in total. The van der Waals surface area contributed by atoms with E-state index >= 15 is 0 Å². The number of nitrogens with zero attached hydrogens (tertiary/aromatic N) is 11. The van der Waals surface area contributed by atoms with Gasteiger partial charge in [0.25, 0.3) is 17.5 Å². The molecule has 57 heavy (non-hydrogen) atoms. The van der Waals surface area contributed by atoms with Crippen molar-refractivity contribution >= 4 is 46.0 Å². The first-order valence-corrected chi connectivity index (χ1v) is 18.9. The fraction of sp³-hybridized carbons (Fsp3) is 0.325. The number of aromatic amines is 1. The molecule has 0 aliphatic carbocycles. The lowest BCUT2D eigenvalue weighted by atomic mass is 10.0. The standard InChI is InChI=1S/C40H42N12O5/c1-26-8-9-30(47(2)36-12-15-41-40(44-36)57-3)23-32(26)35-25-51(46-45-35)29-13-18-49(19-14-29)38(54)28-7-4-6-27(22-28)37(53)48-16-5-17-50(21-20-48)39-42-33-11-10-31(52(55)56)24-34(33)43-39/h4,6-12,15,22-25,29H,5,13-14,16-21H2,1-3H3,(H,42,43). The molecule has 292 valence electrons. The predicted octanol–water partition coefficient (Wildman–Crippen LogP) is 5.43. The zero-order chi connectivity index (χ0) is 39.6. The summed E-state index contributed by atoms with van der Waals surface area (Å²) in [7, 11) is 3.47. The van der Waals surface area contributed by atoms with Crippen molar-refractivity contribution in [2.45, 2.75) is 32.2 Å². The van der Waals surface area contributed by atoms with Gasteiger partial charge in [-0.2, -0.15) is 4.98 Å². The van der Waals surface area contributed by atoms with E-state index < -0.39 is 4.92 Å². The molecule has 1 N–H and O–H groups in total. The summed E-state index contributed by atoms with van der Waals surface area (Å²) >= 11 is 0. The van der Waals surface area contributed by atoms with E-state index in [1.807, 2.05) is 46.8 Å². The molecule has 0 bridgehead atoms. The smallest absolute Gasteiger partial charge is 0.318 e. The quantitative estimate of drug-likeness (QED) is 0.145. The highest BCUT2D eigenvalue weighted by molar-refractivity contribution is 5.99. The molecule has 3 aromatic carbocycles. The minimum absolute atomic E-state index is 0.00267. The van der Waals surface area contributed by atoms with Crippen LogP contribution in [-0.2, 0) is 0 Å². The molecule has 0 spiro atoms. The highest BCUT2D eigenvalue weighted by atomic mass is 16.6. The van der Waals surface area contributed by atoms with Gasteiger partial charge in [-0.15, -0.1) is 5.10 Å². The van der Waals surface area contributed by atoms with Gasteiger partial charge in [-0.25, -0.2) is 14.6 Å². The monoisotopic (exact) mass is 770 g/mol. The van der Waals surface area contributed by atoms with Crippen LogP contribution in [0.25, 0.3) is 22.3 Å². The van der Waals surface area contributed by atoms with Gasteiger partial charge in [0.2, 0.25) is 5.95 Å². The number of imidazole rings is 1. The molecule has 0 saturated carbocycles. The zero-order valence-corrected chi connectivity index (χ0v) is 31.9. The second kappa shape index (κ2) is 15.7. The van der Waals surface area contributed by atoms with Crippen LogP contribution in [0.3, 0.4) is 0 Å².